The van der Waals surface area contributed by atoms with Gasteiger partial charge in [0.2, 0.25) is 5.91 Å². The van der Waals surface area contributed by atoms with E-state index in [1.54, 1.807) is 11.0 Å². The van der Waals surface area contributed by atoms with Crippen LogP contribution in [0.4, 0.5) is 18.9 Å². The minimum atomic E-state index is -4.34. The van der Waals surface area contributed by atoms with Crippen molar-refractivity contribution in [2.45, 2.75) is 19.0 Å². The zero-order valence-electron chi connectivity index (χ0n) is 12.1. The summed E-state index contributed by atoms with van der Waals surface area (Å²) < 4.78 is 38.2. The van der Waals surface area contributed by atoms with Crippen LogP contribution in [0.25, 0.3) is 0 Å². The van der Waals surface area contributed by atoms with Crippen LogP contribution in [0.3, 0.4) is 0 Å². The average Bonchev–Trinajstić information content (AvgIpc) is 2.52. The topological polar surface area (TPSA) is 23.6 Å². The molecule has 1 aromatic carbocycles. The lowest BCUT2D eigenvalue weighted by Crippen LogP contribution is -2.48. The van der Waals surface area contributed by atoms with Gasteiger partial charge >= 0.3 is 6.18 Å². The maximum atomic E-state index is 12.7. The number of rotatable bonds is 4. The van der Waals surface area contributed by atoms with Crippen molar-refractivity contribution in [1.29, 1.82) is 0 Å². The van der Waals surface area contributed by atoms with Crippen LogP contribution in [0.15, 0.2) is 24.3 Å². The lowest BCUT2D eigenvalue weighted by molar-refractivity contribution is -0.137. The third-order valence-electron chi connectivity index (χ3n) is 3.70. The number of carbonyl (C=O) groups excluding carboxylic acids is 1. The highest BCUT2D eigenvalue weighted by atomic mass is 35.5. The quantitative estimate of drug-likeness (QED) is 0.788. The molecule has 22 heavy (non-hydrogen) atoms. The average molecular weight is 335 g/mol. The standard InChI is InChI=1S/C15H18ClF3N2O/c16-6-2-5-14(22)21-9-7-20(8-10-21)13-4-1-3-12(11-13)15(17,18)19/h1,3-4,11H,2,5-10H2. The van der Waals surface area contributed by atoms with Crippen LogP contribution in [0.1, 0.15) is 18.4 Å². The van der Waals surface area contributed by atoms with Crippen LogP contribution in [0.2, 0.25) is 0 Å². The maximum Gasteiger partial charge on any atom is 0.416 e. The molecule has 1 fully saturated rings. The van der Waals surface area contributed by atoms with Crippen LogP contribution in [-0.4, -0.2) is 42.9 Å². The zero-order valence-corrected chi connectivity index (χ0v) is 12.8. The van der Waals surface area contributed by atoms with E-state index in [2.05, 4.69) is 0 Å². The molecule has 0 aliphatic carbocycles. The number of hydrogen-bond acceptors (Lipinski definition) is 2. The number of nitrogens with zero attached hydrogens (tertiary/aromatic N) is 2. The molecule has 0 aromatic heterocycles. The smallest absolute Gasteiger partial charge is 0.368 e. The number of benzene rings is 1. The zero-order chi connectivity index (χ0) is 16.2. The Morgan fingerprint density at radius 2 is 1.86 bits per heavy atom. The van der Waals surface area contributed by atoms with Gasteiger partial charge in [0.25, 0.3) is 0 Å². The number of carbonyl (C=O) groups is 1. The van der Waals surface area contributed by atoms with Crippen molar-refractivity contribution >= 4 is 23.2 Å². The van der Waals surface area contributed by atoms with Gasteiger partial charge < -0.3 is 9.80 Å². The summed E-state index contributed by atoms with van der Waals surface area (Å²) in [5.74, 6) is 0.514. The Morgan fingerprint density at radius 1 is 1.18 bits per heavy atom. The predicted molar refractivity (Wildman–Crippen MR) is 80.2 cm³/mol. The first-order valence-corrected chi connectivity index (χ1v) is 7.71. The van der Waals surface area contributed by atoms with Gasteiger partial charge in [0.1, 0.15) is 0 Å². The number of piperazine rings is 1. The molecular formula is C15H18ClF3N2O. The van der Waals surface area contributed by atoms with E-state index in [0.29, 0.717) is 50.6 Å². The van der Waals surface area contributed by atoms with E-state index in [0.717, 1.165) is 12.1 Å². The number of amides is 1. The fraction of sp³-hybridized carbons (Fsp3) is 0.533. The van der Waals surface area contributed by atoms with E-state index in [1.807, 2.05) is 4.90 Å². The van der Waals surface area contributed by atoms with Gasteiger partial charge in [-0.2, -0.15) is 13.2 Å². The van der Waals surface area contributed by atoms with Crippen LogP contribution in [0, 0.1) is 0 Å². The van der Waals surface area contributed by atoms with Crippen molar-refractivity contribution in [1.82, 2.24) is 4.90 Å². The van der Waals surface area contributed by atoms with Crippen molar-refractivity contribution in [2.75, 3.05) is 37.0 Å². The van der Waals surface area contributed by atoms with Gasteiger partial charge in [-0.25, -0.2) is 0 Å². The molecule has 0 bridgehead atoms. The van der Waals surface area contributed by atoms with Gasteiger partial charge in [0, 0.05) is 44.2 Å². The van der Waals surface area contributed by atoms with Crippen LogP contribution >= 0.6 is 11.6 Å². The summed E-state index contributed by atoms with van der Waals surface area (Å²) in [6.45, 7) is 2.12. The van der Waals surface area contributed by atoms with Crippen molar-refractivity contribution < 1.29 is 18.0 Å². The minimum absolute atomic E-state index is 0.0596. The van der Waals surface area contributed by atoms with E-state index >= 15 is 0 Å². The van der Waals surface area contributed by atoms with Gasteiger partial charge in [-0.1, -0.05) is 6.07 Å². The Morgan fingerprint density at radius 3 is 2.45 bits per heavy atom. The number of hydrogen-bond donors (Lipinski definition) is 0. The molecule has 0 saturated carbocycles. The van der Waals surface area contributed by atoms with Gasteiger partial charge in [-0.3, -0.25) is 4.79 Å². The van der Waals surface area contributed by atoms with E-state index in [1.165, 1.54) is 6.07 Å². The Balaban J connectivity index is 1.96. The summed E-state index contributed by atoms with van der Waals surface area (Å²) in [5.41, 5.74) is -0.103. The molecule has 1 aliphatic heterocycles. The summed E-state index contributed by atoms with van der Waals surface area (Å²) in [7, 11) is 0. The number of alkyl halides is 4. The molecule has 1 saturated heterocycles. The van der Waals surface area contributed by atoms with E-state index < -0.39 is 11.7 Å². The molecule has 1 aromatic rings. The monoisotopic (exact) mass is 334 g/mol. The second-order valence-electron chi connectivity index (χ2n) is 5.21. The molecule has 1 heterocycles. The second kappa shape index (κ2) is 7.22. The molecule has 0 spiro atoms. The maximum absolute atomic E-state index is 12.7. The molecule has 0 atom stereocenters. The summed E-state index contributed by atoms with van der Waals surface area (Å²) in [5, 5.41) is 0. The molecule has 3 nitrogen and oxygen atoms in total. The minimum Gasteiger partial charge on any atom is -0.368 e. The highest BCUT2D eigenvalue weighted by molar-refractivity contribution is 6.17. The van der Waals surface area contributed by atoms with Crippen LogP contribution < -0.4 is 4.90 Å². The van der Waals surface area contributed by atoms with Gasteiger partial charge in [-0.15, -0.1) is 11.6 Å². The lowest BCUT2D eigenvalue weighted by Gasteiger charge is -2.36. The van der Waals surface area contributed by atoms with Crippen molar-refractivity contribution in [3.63, 3.8) is 0 Å². The third-order valence-corrected chi connectivity index (χ3v) is 3.96. The molecule has 1 aliphatic rings. The summed E-state index contributed by atoms with van der Waals surface area (Å²) in [6, 6.07) is 5.30. The second-order valence-corrected chi connectivity index (χ2v) is 5.59. The fourth-order valence-corrected chi connectivity index (χ4v) is 2.60. The SMILES string of the molecule is O=C(CCCCl)N1CCN(c2cccc(C(F)(F)F)c2)CC1. The molecule has 0 radical (unpaired) electrons. The van der Waals surface area contributed by atoms with E-state index in [-0.39, 0.29) is 5.91 Å². The lowest BCUT2D eigenvalue weighted by atomic mass is 10.1. The fourth-order valence-electron chi connectivity index (χ4n) is 2.47. The molecule has 2 rings (SSSR count). The van der Waals surface area contributed by atoms with E-state index in [4.69, 9.17) is 11.6 Å². The normalized spacial score (nSPS) is 16.0. The number of anilines is 1. The van der Waals surface area contributed by atoms with Gasteiger partial charge in [0.05, 0.1) is 5.56 Å². The summed E-state index contributed by atoms with van der Waals surface area (Å²) in [4.78, 5) is 15.5. The first-order chi connectivity index (χ1) is 10.4. The highest BCUT2D eigenvalue weighted by Crippen LogP contribution is 2.31. The number of halogens is 4. The first-order valence-electron chi connectivity index (χ1n) is 7.18. The third kappa shape index (κ3) is 4.29. The van der Waals surface area contributed by atoms with Crippen LogP contribution in [-0.2, 0) is 11.0 Å². The van der Waals surface area contributed by atoms with Gasteiger partial charge in [-0.05, 0) is 24.6 Å². The molecule has 0 unspecified atom stereocenters. The highest BCUT2D eigenvalue weighted by Gasteiger charge is 2.31. The predicted octanol–water partition coefficient (Wildman–Crippen LogP) is 3.37. The molecule has 0 N–H and O–H groups in total. The molecule has 7 heteroatoms. The molecule has 122 valence electrons. The Kier molecular flexibility index (Phi) is 5.56. The van der Waals surface area contributed by atoms with Crippen molar-refractivity contribution in [3.05, 3.63) is 29.8 Å². The van der Waals surface area contributed by atoms with Gasteiger partial charge in [0.15, 0.2) is 0 Å². The van der Waals surface area contributed by atoms with Crippen LogP contribution in [0.5, 0.6) is 0 Å². The summed E-state index contributed by atoms with van der Waals surface area (Å²) in [6.07, 6.45) is -3.27. The first kappa shape index (κ1) is 16.9. The van der Waals surface area contributed by atoms with Crippen molar-refractivity contribution in [2.24, 2.45) is 0 Å². The summed E-state index contributed by atoms with van der Waals surface area (Å²) >= 11 is 5.57. The van der Waals surface area contributed by atoms with Crippen molar-refractivity contribution in [3.8, 4) is 0 Å². The molecular weight excluding hydrogens is 317 g/mol. The Labute approximate surface area is 132 Å². The van der Waals surface area contributed by atoms with E-state index in [9.17, 15) is 18.0 Å². The molecule has 1 amide bonds. The Hall–Kier alpha value is -1.43. The Bertz CT molecular complexity index is 514. The largest absolute Gasteiger partial charge is 0.416 e.